The van der Waals surface area contributed by atoms with Crippen LogP contribution < -0.4 is 0 Å². The van der Waals surface area contributed by atoms with Crippen LogP contribution in [-0.4, -0.2) is 24.0 Å². The highest BCUT2D eigenvalue weighted by Crippen LogP contribution is 2.51. The van der Waals surface area contributed by atoms with Crippen LogP contribution in [-0.2, 0) is 4.74 Å². The van der Waals surface area contributed by atoms with Crippen molar-refractivity contribution >= 4 is 13.2 Å². The summed E-state index contributed by atoms with van der Waals surface area (Å²) in [5.74, 6) is -0.897. The number of ether oxygens (including phenoxy) is 1. The maximum atomic E-state index is 11.0. The molecule has 0 amide bonds. The summed E-state index contributed by atoms with van der Waals surface area (Å²) in [6, 6.07) is 5.12. The second-order valence-electron chi connectivity index (χ2n) is 6.31. The van der Waals surface area contributed by atoms with Crippen molar-refractivity contribution in [2.24, 2.45) is 0 Å². The van der Waals surface area contributed by atoms with Gasteiger partial charge in [-0.1, -0.05) is 19.9 Å². The molecule has 0 saturated carbocycles. The molecule has 0 spiro atoms. The van der Waals surface area contributed by atoms with E-state index in [2.05, 4.69) is 35.0 Å². The molecule has 4 heteroatoms. The van der Waals surface area contributed by atoms with Crippen LogP contribution in [0.2, 0.25) is 5.31 Å². The van der Waals surface area contributed by atoms with Crippen molar-refractivity contribution in [1.29, 1.82) is 0 Å². The molecule has 1 aliphatic rings. The molecule has 0 aliphatic carbocycles. The molecule has 1 radical (unpaired) electrons. The lowest BCUT2D eigenvalue weighted by atomic mass is 9.47. The van der Waals surface area contributed by atoms with Gasteiger partial charge in [0, 0.05) is 0 Å². The number of hydrogen-bond donors (Lipinski definition) is 1. The monoisotopic (exact) mass is 259 g/mol. The lowest BCUT2D eigenvalue weighted by molar-refractivity contribution is -0.0344. The van der Waals surface area contributed by atoms with E-state index in [4.69, 9.17) is 9.84 Å². The van der Waals surface area contributed by atoms with Gasteiger partial charge in [0.2, 0.25) is 0 Å². The highest BCUT2D eigenvalue weighted by Gasteiger charge is 2.48. The Bertz CT molecular complexity index is 504. The molecule has 1 fully saturated rings. The van der Waals surface area contributed by atoms with Gasteiger partial charge in [0.05, 0.1) is 17.2 Å². The number of carboxylic acids is 1. The third kappa shape index (κ3) is 2.41. The zero-order valence-electron chi connectivity index (χ0n) is 12.2. The fourth-order valence-corrected chi connectivity index (χ4v) is 2.36. The molecule has 0 bridgehead atoms. The summed E-state index contributed by atoms with van der Waals surface area (Å²) in [7, 11) is 2.20. The van der Waals surface area contributed by atoms with Crippen LogP contribution in [0.1, 0.15) is 55.2 Å². The van der Waals surface area contributed by atoms with Crippen LogP contribution in [0.4, 0.5) is 0 Å². The van der Waals surface area contributed by atoms with E-state index in [0.29, 0.717) is 5.56 Å². The molecule has 3 nitrogen and oxygen atoms in total. The molecule has 1 atom stereocenters. The third-order valence-corrected chi connectivity index (χ3v) is 4.36. The number of aryl methyl sites for hydroxylation is 1. The number of benzene rings is 1. The lowest BCUT2D eigenvalue weighted by Crippen LogP contribution is -2.31. The molecule has 1 aromatic rings. The highest BCUT2D eigenvalue weighted by atomic mass is 16.5. The predicted molar refractivity (Wildman–Crippen MR) is 75.8 cm³/mol. The van der Waals surface area contributed by atoms with Crippen LogP contribution >= 0.6 is 0 Å². The molecular formula is C15H20BO3. The largest absolute Gasteiger partial charge is 0.478 e. The Labute approximate surface area is 115 Å². The minimum absolute atomic E-state index is 0.0183. The summed E-state index contributed by atoms with van der Waals surface area (Å²) in [5, 5.41) is 8.97. The maximum absolute atomic E-state index is 11.0. The normalized spacial score (nSPS) is 23.9. The summed E-state index contributed by atoms with van der Waals surface area (Å²) in [6.45, 7) is 10.4. The SMILES string of the molecule is Cc1cc(C(=O)O)ccc1C1[B]C(C)(C)C(C)(C)O1. The van der Waals surface area contributed by atoms with Gasteiger partial charge >= 0.3 is 5.97 Å². The average Bonchev–Trinajstić information content (AvgIpc) is 2.47. The van der Waals surface area contributed by atoms with E-state index in [1.54, 1.807) is 12.1 Å². The third-order valence-electron chi connectivity index (χ3n) is 4.36. The van der Waals surface area contributed by atoms with E-state index in [0.717, 1.165) is 11.1 Å². The number of carbonyl (C=O) groups is 1. The second-order valence-corrected chi connectivity index (χ2v) is 6.31. The van der Waals surface area contributed by atoms with Gasteiger partial charge in [-0.2, -0.15) is 0 Å². The standard InChI is InChI=1S/C15H20BO3/c1-9-8-10(13(17)18)6-7-11(9)12-16-14(2,3)15(4,5)19-12/h6-8,12H,1-5H3,(H,17,18). The van der Waals surface area contributed by atoms with E-state index in [-0.39, 0.29) is 16.9 Å². The van der Waals surface area contributed by atoms with E-state index in [1.165, 1.54) is 0 Å². The fraction of sp³-hybridized carbons (Fsp3) is 0.533. The molecule has 19 heavy (non-hydrogen) atoms. The minimum Gasteiger partial charge on any atom is -0.478 e. The molecule has 1 unspecified atom stereocenters. The summed E-state index contributed by atoms with van der Waals surface area (Å²) in [4.78, 5) is 11.0. The molecule has 0 aromatic heterocycles. The van der Waals surface area contributed by atoms with Crippen LogP contribution in [0.5, 0.6) is 0 Å². The number of carboxylic acid groups (broad SMARTS) is 1. The van der Waals surface area contributed by atoms with Gasteiger partial charge in [0.1, 0.15) is 0 Å². The molecule has 1 aromatic carbocycles. The van der Waals surface area contributed by atoms with Gasteiger partial charge in [-0.3, -0.25) is 0 Å². The van der Waals surface area contributed by atoms with Crippen molar-refractivity contribution in [1.82, 2.24) is 0 Å². The molecule has 2 rings (SSSR count). The first-order valence-electron chi connectivity index (χ1n) is 6.52. The van der Waals surface area contributed by atoms with Gasteiger partial charge < -0.3 is 9.84 Å². The topological polar surface area (TPSA) is 46.5 Å². The van der Waals surface area contributed by atoms with Crippen molar-refractivity contribution in [3.05, 3.63) is 34.9 Å². The van der Waals surface area contributed by atoms with Gasteiger partial charge in [0.15, 0.2) is 7.28 Å². The zero-order valence-corrected chi connectivity index (χ0v) is 12.2. The minimum atomic E-state index is -0.897. The van der Waals surface area contributed by atoms with Gasteiger partial charge in [-0.25, -0.2) is 4.79 Å². The quantitative estimate of drug-likeness (QED) is 0.828. The van der Waals surface area contributed by atoms with Gasteiger partial charge in [-0.15, -0.1) is 0 Å². The number of hydrogen-bond acceptors (Lipinski definition) is 2. The fourth-order valence-electron chi connectivity index (χ4n) is 2.36. The van der Waals surface area contributed by atoms with Crippen molar-refractivity contribution in [2.45, 2.75) is 51.5 Å². The summed E-state index contributed by atoms with van der Waals surface area (Å²) in [5.41, 5.74) is 2.09. The zero-order chi connectivity index (χ0) is 14.4. The Balaban J connectivity index is 2.33. The highest BCUT2D eigenvalue weighted by molar-refractivity contribution is 6.43. The molecule has 101 valence electrons. The van der Waals surface area contributed by atoms with Crippen LogP contribution in [0.3, 0.4) is 0 Å². The first-order valence-corrected chi connectivity index (χ1v) is 6.52. The average molecular weight is 259 g/mol. The van der Waals surface area contributed by atoms with E-state index in [1.807, 2.05) is 13.0 Å². The lowest BCUT2D eigenvalue weighted by Gasteiger charge is -2.33. The Morgan fingerprint density at radius 1 is 1.32 bits per heavy atom. The van der Waals surface area contributed by atoms with Gasteiger partial charge in [-0.05, 0) is 49.3 Å². The Morgan fingerprint density at radius 3 is 2.37 bits per heavy atom. The predicted octanol–water partition coefficient (Wildman–Crippen LogP) is 3.40. The Hall–Kier alpha value is -1.29. The summed E-state index contributed by atoms with van der Waals surface area (Å²) in [6.07, 6.45) is 0. The number of rotatable bonds is 2. The number of aromatic carboxylic acids is 1. The van der Waals surface area contributed by atoms with Crippen LogP contribution in [0.15, 0.2) is 18.2 Å². The van der Waals surface area contributed by atoms with Crippen molar-refractivity contribution in [3.8, 4) is 0 Å². The van der Waals surface area contributed by atoms with E-state index >= 15 is 0 Å². The van der Waals surface area contributed by atoms with E-state index in [9.17, 15) is 4.79 Å². The molecule has 1 aliphatic heterocycles. The molecule has 1 N–H and O–H groups in total. The molecule has 1 saturated heterocycles. The van der Waals surface area contributed by atoms with Crippen LogP contribution in [0.25, 0.3) is 0 Å². The Kier molecular flexibility index (Phi) is 3.25. The maximum Gasteiger partial charge on any atom is 0.335 e. The Morgan fingerprint density at radius 2 is 1.95 bits per heavy atom. The first-order chi connectivity index (χ1) is 8.64. The second kappa shape index (κ2) is 4.38. The molecular weight excluding hydrogens is 239 g/mol. The van der Waals surface area contributed by atoms with Crippen molar-refractivity contribution in [3.63, 3.8) is 0 Å². The summed E-state index contributed by atoms with van der Waals surface area (Å²) < 4.78 is 6.13. The van der Waals surface area contributed by atoms with Crippen molar-refractivity contribution < 1.29 is 14.6 Å². The van der Waals surface area contributed by atoms with Crippen LogP contribution in [0, 0.1) is 6.92 Å². The first kappa shape index (κ1) is 14.1. The summed E-state index contributed by atoms with van der Waals surface area (Å²) >= 11 is 0. The molecule has 1 heterocycles. The van der Waals surface area contributed by atoms with Gasteiger partial charge in [0.25, 0.3) is 0 Å². The van der Waals surface area contributed by atoms with Crippen molar-refractivity contribution in [2.75, 3.05) is 0 Å². The smallest absolute Gasteiger partial charge is 0.335 e. The van der Waals surface area contributed by atoms with E-state index < -0.39 is 5.97 Å².